The highest BCUT2D eigenvalue weighted by atomic mass is 19.1. The molecular formula is C13H14F2N2O3. The number of aliphatic carboxylic acids is 1. The van der Waals surface area contributed by atoms with Gasteiger partial charge in [-0.2, -0.15) is 0 Å². The second-order valence-corrected chi connectivity index (χ2v) is 4.65. The molecule has 0 aromatic heterocycles. The van der Waals surface area contributed by atoms with Gasteiger partial charge in [-0.3, -0.25) is 4.79 Å². The van der Waals surface area contributed by atoms with Crippen molar-refractivity contribution in [2.75, 3.05) is 18.4 Å². The number of hydrogen-bond donors (Lipinski definition) is 2. The van der Waals surface area contributed by atoms with E-state index in [0.29, 0.717) is 19.4 Å². The number of carboxylic acids is 1. The number of nitrogens with zero attached hydrogens (tertiary/aromatic N) is 1. The van der Waals surface area contributed by atoms with Gasteiger partial charge in [0.05, 0.1) is 5.92 Å². The van der Waals surface area contributed by atoms with Crippen molar-refractivity contribution in [1.29, 1.82) is 0 Å². The number of benzene rings is 1. The van der Waals surface area contributed by atoms with E-state index in [2.05, 4.69) is 5.32 Å². The molecule has 1 aromatic carbocycles. The SMILES string of the molecule is O=C(O)[C@H]1CCCN(C(=O)Nc2c(F)cccc2F)C1. The first kappa shape index (κ1) is 14.2. The highest BCUT2D eigenvalue weighted by molar-refractivity contribution is 5.90. The molecule has 2 N–H and O–H groups in total. The van der Waals surface area contributed by atoms with Gasteiger partial charge in [-0.05, 0) is 25.0 Å². The predicted molar refractivity (Wildman–Crippen MR) is 67.3 cm³/mol. The molecule has 1 aliphatic heterocycles. The van der Waals surface area contributed by atoms with Crippen molar-refractivity contribution in [2.45, 2.75) is 12.8 Å². The summed E-state index contributed by atoms with van der Waals surface area (Å²) in [6, 6.07) is 2.57. The minimum absolute atomic E-state index is 0.0389. The average molecular weight is 284 g/mol. The molecule has 20 heavy (non-hydrogen) atoms. The Morgan fingerprint density at radius 2 is 1.95 bits per heavy atom. The predicted octanol–water partition coefficient (Wildman–Crippen LogP) is 2.29. The summed E-state index contributed by atoms with van der Waals surface area (Å²) < 4.78 is 26.8. The molecule has 1 aliphatic rings. The second-order valence-electron chi connectivity index (χ2n) is 4.65. The Hall–Kier alpha value is -2.18. The first-order valence-corrected chi connectivity index (χ1v) is 6.22. The molecule has 0 aliphatic carbocycles. The summed E-state index contributed by atoms with van der Waals surface area (Å²) in [5.74, 6) is -3.35. The number of amides is 2. The lowest BCUT2D eigenvalue weighted by atomic mass is 9.99. The van der Waals surface area contributed by atoms with Crippen LogP contribution < -0.4 is 5.32 Å². The summed E-state index contributed by atoms with van der Waals surface area (Å²) in [7, 11) is 0. The van der Waals surface area contributed by atoms with E-state index < -0.39 is 35.2 Å². The molecule has 0 radical (unpaired) electrons. The van der Waals surface area contributed by atoms with Gasteiger partial charge < -0.3 is 15.3 Å². The van der Waals surface area contributed by atoms with Crippen molar-refractivity contribution in [1.82, 2.24) is 4.90 Å². The van der Waals surface area contributed by atoms with Gasteiger partial charge in [0.15, 0.2) is 0 Å². The number of carbonyl (C=O) groups is 2. The zero-order valence-electron chi connectivity index (χ0n) is 10.6. The molecule has 0 unspecified atom stereocenters. The van der Waals surface area contributed by atoms with Crippen LogP contribution in [0, 0.1) is 17.6 Å². The Bertz CT molecular complexity index is 516. The third kappa shape index (κ3) is 3.04. The number of piperidine rings is 1. The van der Waals surface area contributed by atoms with Gasteiger partial charge in [0.25, 0.3) is 0 Å². The molecular weight excluding hydrogens is 270 g/mol. The van der Waals surface area contributed by atoms with Gasteiger partial charge in [-0.25, -0.2) is 13.6 Å². The molecule has 1 saturated heterocycles. The minimum atomic E-state index is -0.973. The Morgan fingerprint density at radius 3 is 2.55 bits per heavy atom. The van der Waals surface area contributed by atoms with Crippen molar-refractivity contribution < 1.29 is 23.5 Å². The lowest BCUT2D eigenvalue weighted by Crippen LogP contribution is -2.44. The smallest absolute Gasteiger partial charge is 0.322 e. The molecule has 0 spiro atoms. The van der Waals surface area contributed by atoms with E-state index in [9.17, 15) is 18.4 Å². The number of urea groups is 1. The normalized spacial score (nSPS) is 18.7. The number of para-hydroxylation sites is 1. The number of hydrogen-bond acceptors (Lipinski definition) is 2. The lowest BCUT2D eigenvalue weighted by molar-refractivity contribution is -0.143. The van der Waals surface area contributed by atoms with E-state index in [4.69, 9.17) is 5.11 Å². The fourth-order valence-corrected chi connectivity index (χ4v) is 2.17. The third-order valence-electron chi connectivity index (χ3n) is 3.25. The number of nitrogens with one attached hydrogen (secondary N) is 1. The summed E-state index contributed by atoms with van der Waals surface area (Å²) in [5, 5.41) is 11.1. The summed E-state index contributed by atoms with van der Waals surface area (Å²) in [5.41, 5.74) is -0.519. The second kappa shape index (κ2) is 5.85. The van der Waals surface area contributed by atoms with Crippen LogP contribution >= 0.6 is 0 Å². The number of likely N-dealkylation sites (tertiary alicyclic amines) is 1. The van der Waals surface area contributed by atoms with Gasteiger partial charge in [-0.15, -0.1) is 0 Å². The van der Waals surface area contributed by atoms with Crippen LogP contribution in [-0.2, 0) is 4.79 Å². The highest BCUT2D eigenvalue weighted by Gasteiger charge is 2.28. The number of halogens is 2. The molecule has 1 heterocycles. The number of carbonyl (C=O) groups excluding carboxylic acids is 1. The van der Waals surface area contributed by atoms with E-state index >= 15 is 0 Å². The quantitative estimate of drug-likeness (QED) is 0.875. The van der Waals surface area contributed by atoms with Crippen molar-refractivity contribution >= 4 is 17.7 Å². The van der Waals surface area contributed by atoms with Crippen LogP contribution in [0.2, 0.25) is 0 Å². The zero-order chi connectivity index (χ0) is 14.7. The summed E-state index contributed by atoms with van der Waals surface area (Å²) in [6.07, 6.45) is 1.04. The highest BCUT2D eigenvalue weighted by Crippen LogP contribution is 2.21. The third-order valence-corrected chi connectivity index (χ3v) is 3.25. The number of carboxylic acid groups (broad SMARTS) is 1. The molecule has 7 heteroatoms. The maximum absolute atomic E-state index is 13.4. The first-order valence-electron chi connectivity index (χ1n) is 6.22. The van der Waals surface area contributed by atoms with E-state index in [0.717, 1.165) is 12.1 Å². The Labute approximate surface area is 114 Å². The van der Waals surface area contributed by atoms with Gasteiger partial charge in [0.1, 0.15) is 17.3 Å². The maximum atomic E-state index is 13.4. The lowest BCUT2D eigenvalue weighted by Gasteiger charge is -2.30. The zero-order valence-corrected chi connectivity index (χ0v) is 10.6. The van der Waals surface area contributed by atoms with Crippen molar-refractivity contribution in [3.8, 4) is 0 Å². The molecule has 2 amide bonds. The van der Waals surface area contributed by atoms with E-state index in [1.165, 1.54) is 11.0 Å². The fraction of sp³-hybridized carbons (Fsp3) is 0.385. The summed E-state index contributed by atoms with van der Waals surface area (Å²) >= 11 is 0. The molecule has 108 valence electrons. The van der Waals surface area contributed by atoms with Crippen LogP contribution in [0.4, 0.5) is 19.3 Å². The van der Waals surface area contributed by atoms with E-state index in [-0.39, 0.29) is 6.54 Å². The van der Waals surface area contributed by atoms with E-state index in [1.807, 2.05) is 0 Å². The van der Waals surface area contributed by atoms with Crippen LogP contribution in [0.1, 0.15) is 12.8 Å². The van der Waals surface area contributed by atoms with Crippen molar-refractivity contribution in [3.05, 3.63) is 29.8 Å². The molecule has 0 bridgehead atoms. The van der Waals surface area contributed by atoms with Crippen LogP contribution in [0.15, 0.2) is 18.2 Å². The first-order chi connectivity index (χ1) is 9.49. The topological polar surface area (TPSA) is 69.6 Å². The van der Waals surface area contributed by atoms with Gasteiger partial charge in [-0.1, -0.05) is 6.07 Å². The largest absolute Gasteiger partial charge is 0.481 e. The molecule has 0 saturated carbocycles. The van der Waals surface area contributed by atoms with Crippen LogP contribution in [0.5, 0.6) is 0 Å². The maximum Gasteiger partial charge on any atom is 0.322 e. The van der Waals surface area contributed by atoms with Crippen molar-refractivity contribution in [2.24, 2.45) is 5.92 Å². The Balaban J connectivity index is 2.06. The van der Waals surface area contributed by atoms with Gasteiger partial charge >= 0.3 is 12.0 Å². The van der Waals surface area contributed by atoms with Gasteiger partial charge in [0.2, 0.25) is 0 Å². The summed E-state index contributed by atoms with van der Waals surface area (Å²) in [4.78, 5) is 24.1. The average Bonchev–Trinajstić information content (AvgIpc) is 2.43. The van der Waals surface area contributed by atoms with Crippen molar-refractivity contribution in [3.63, 3.8) is 0 Å². The molecule has 1 fully saturated rings. The molecule has 1 aromatic rings. The molecule has 1 atom stereocenters. The monoisotopic (exact) mass is 284 g/mol. The van der Waals surface area contributed by atoms with Gasteiger partial charge in [0, 0.05) is 13.1 Å². The number of rotatable bonds is 2. The van der Waals surface area contributed by atoms with E-state index in [1.54, 1.807) is 0 Å². The fourth-order valence-electron chi connectivity index (χ4n) is 2.17. The summed E-state index contributed by atoms with van der Waals surface area (Å²) in [6.45, 7) is 0.406. The minimum Gasteiger partial charge on any atom is -0.481 e. The Morgan fingerprint density at radius 1 is 1.30 bits per heavy atom. The number of anilines is 1. The van der Waals surface area contributed by atoms with Crippen LogP contribution in [0.25, 0.3) is 0 Å². The molecule has 2 rings (SSSR count). The Kier molecular flexibility index (Phi) is 4.16. The van der Waals surface area contributed by atoms with Crippen LogP contribution in [0.3, 0.4) is 0 Å². The molecule has 5 nitrogen and oxygen atoms in total. The standard InChI is InChI=1S/C13H14F2N2O3/c14-9-4-1-5-10(15)11(9)16-13(20)17-6-2-3-8(7-17)12(18)19/h1,4-5,8H,2-3,6-7H2,(H,16,20)(H,18,19)/t8-/m0/s1. The van der Waals surface area contributed by atoms with Crippen LogP contribution in [-0.4, -0.2) is 35.1 Å².